The molecule has 1 heterocycles. The van der Waals surface area contributed by atoms with Gasteiger partial charge in [0.05, 0.1) is 23.1 Å². The zero-order chi connectivity index (χ0) is 15.7. The van der Waals surface area contributed by atoms with Crippen LogP contribution in [0.5, 0.6) is 0 Å². The standard InChI is InChI=1S/C16H19ClN4O/c1-10-14(16(22)20-15(8-18)11-5-6-11)9-19-21(10)13-4-2-3-12(17)7-13/h2-4,7,9,11,15H,5-6,8,18H2,1H3,(H,20,22). The third-order valence-electron chi connectivity index (χ3n) is 4.07. The van der Waals surface area contributed by atoms with E-state index in [1.165, 1.54) is 0 Å². The molecule has 1 unspecified atom stereocenters. The maximum absolute atomic E-state index is 12.4. The summed E-state index contributed by atoms with van der Waals surface area (Å²) in [6.07, 6.45) is 3.87. The number of carbonyl (C=O) groups excluding carboxylic acids is 1. The van der Waals surface area contributed by atoms with Gasteiger partial charge in [-0.3, -0.25) is 4.79 Å². The van der Waals surface area contributed by atoms with Gasteiger partial charge in [-0.25, -0.2) is 4.68 Å². The summed E-state index contributed by atoms with van der Waals surface area (Å²) >= 11 is 6.01. The van der Waals surface area contributed by atoms with Crippen molar-refractivity contribution < 1.29 is 4.79 Å². The van der Waals surface area contributed by atoms with Crippen molar-refractivity contribution in [3.8, 4) is 5.69 Å². The number of carbonyl (C=O) groups is 1. The van der Waals surface area contributed by atoms with Gasteiger partial charge in [0.25, 0.3) is 5.91 Å². The number of benzene rings is 1. The molecule has 2 aromatic rings. The van der Waals surface area contributed by atoms with Crippen LogP contribution in [0.15, 0.2) is 30.5 Å². The van der Waals surface area contributed by atoms with Crippen molar-refractivity contribution >= 4 is 17.5 Å². The summed E-state index contributed by atoms with van der Waals surface area (Å²) in [7, 11) is 0. The zero-order valence-corrected chi connectivity index (χ0v) is 13.2. The van der Waals surface area contributed by atoms with Gasteiger partial charge in [0.1, 0.15) is 0 Å². The van der Waals surface area contributed by atoms with E-state index in [0.29, 0.717) is 23.0 Å². The Morgan fingerprint density at radius 3 is 2.95 bits per heavy atom. The van der Waals surface area contributed by atoms with Crippen LogP contribution in [0.2, 0.25) is 5.02 Å². The summed E-state index contributed by atoms with van der Waals surface area (Å²) in [6, 6.07) is 7.44. The fourth-order valence-electron chi connectivity index (χ4n) is 2.61. The number of rotatable bonds is 5. The first-order chi connectivity index (χ1) is 10.6. The largest absolute Gasteiger partial charge is 0.348 e. The third-order valence-corrected chi connectivity index (χ3v) is 4.30. The Bertz CT molecular complexity index is 693. The summed E-state index contributed by atoms with van der Waals surface area (Å²) in [6.45, 7) is 2.34. The molecule has 1 aromatic carbocycles. The number of aromatic nitrogens is 2. The Morgan fingerprint density at radius 1 is 1.55 bits per heavy atom. The molecule has 116 valence electrons. The van der Waals surface area contributed by atoms with Crippen LogP contribution in [0.25, 0.3) is 5.69 Å². The van der Waals surface area contributed by atoms with Crippen molar-refractivity contribution in [1.29, 1.82) is 0 Å². The molecule has 1 fully saturated rings. The van der Waals surface area contributed by atoms with E-state index in [9.17, 15) is 4.79 Å². The molecule has 1 atom stereocenters. The molecule has 1 aliphatic rings. The van der Waals surface area contributed by atoms with Gasteiger partial charge in [0.2, 0.25) is 0 Å². The average molecular weight is 319 g/mol. The van der Waals surface area contributed by atoms with Gasteiger partial charge >= 0.3 is 0 Å². The number of amides is 1. The van der Waals surface area contributed by atoms with Crippen LogP contribution in [-0.2, 0) is 0 Å². The molecule has 0 saturated heterocycles. The second-order valence-electron chi connectivity index (χ2n) is 5.69. The van der Waals surface area contributed by atoms with Crippen LogP contribution in [0, 0.1) is 12.8 Å². The molecule has 6 heteroatoms. The van der Waals surface area contributed by atoms with E-state index in [4.69, 9.17) is 17.3 Å². The lowest BCUT2D eigenvalue weighted by atomic mass is 10.1. The van der Waals surface area contributed by atoms with E-state index >= 15 is 0 Å². The number of hydrogen-bond donors (Lipinski definition) is 2. The van der Waals surface area contributed by atoms with E-state index in [0.717, 1.165) is 24.2 Å². The summed E-state index contributed by atoms with van der Waals surface area (Å²) in [5.74, 6) is 0.408. The lowest BCUT2D eigenvalue weighted by Crippen LogP contribution is -2.41. The summed E-state index contributed by atoms with van der Waals surface area (Å²) in [5.41, 5.74) is 7.93. The second-order valence-corrected chi connectivity index (χ2v) is 6.12. The molecule has 3 rings (SSSR count). The molecule has 0 spiro atoms. The summed E-state index contributed by atoms with van der Waals surface area (Å²) in [4.78, 5) is 12.4. The molecule has 22 heavy (non-hydrogen) atoms. The predicted octanol–water partition coefficient (Wildman–Crippen LogP) is 2.30. The Hall–Kier alpha value is -1.85. The molecule has 1 saturated carbocycles. The van der Waals surface area contributed by atoms with E-state index in [2.05, 4.69) is 10.4 Å². The number of halogens is 1. The molecule has 1 amide bonds. The third kappa shape index (κ3) is 3.00. The van der Waals surface area contributed by atoms with Crippen molar-refractivity contribution in [1.82, 2.24) is 15.1 Å². The normalized spacial score (nSPS) is 15.6. The highest BCUT2D eigenvalue weighted by molar-refractivity contribution is 6.30. The topological polar surface area (TPSA) is 72.9 Å². The fourth-order valence-corrected chi connectivity index (χ4v) is 2.80. The van der Waals surface area contributed by atoms with Crippen LogP contribution in [-0.4, -0.2) is 28.3 Å². The highest BCUT2D eigenvalue weighted by Crippen LogP contribution is 2.32. The molecular weight excluding hydrogens is 300 g/mol. The van der Waals surface area contributed by atoms with E-state index in [1.807, 2.05) is 25.1 Å². The van der Waals surface area contributed by atoms with Gasteiger partial charge < -0.3 is 11.1 Å². The van der Waals surface area contributed by atoms with Crippen molar-refractivity contribution in [3.05, 3.63) is 46.7 Å². The number of nitrogens with one attached hydrogen (secondary N) is 1. The molecule has 5 nitrogen and oxygen atoms in total. The highest BCUT2D eigenvalue weighted by atomic mass is 35.5. The maximum Gasteiger partial charge on any atom is 0.255 e. The van der Waals surface area contributed by atoms with Gasteiger partial charge in [-0.15, -0.1) is 0 Å². The minimum absolute atomic E-state index is 0.0569. The lowest BCUT2D eigenvalue weighted by Gasteiger charge is -2.15. The Morgan fingerprint density at radius 2 is 2.32 bits per heavy atom. The molecule has 0 aliphatic heterocycles. The quantitative estimate of drug-likeness (QED) is 0.888. The SMILES string of the molecule is Cc1c(C(=O)NC(CN)C2CC2)cnn1-c1cccc(Cl)c1. The van der Waals surface area contributed by atoms with E-state index in [1.54, 1.807) is 16.9 Å². The molecule has 0 radical (unpaired) electrons. The van der Waals surface area contributed by atoms with Crippen LogP contribution in [0.1, 0.15) is 28.9 Å². The van der Waals surface area contributed by atoms with Gasteiger partial charge in [-0.05, 0) is 43.9 Å². The minimum Gasteiger partial charge on any atom is -0.348 e. The van der Waals surface area contributed by atoms with Gasteiger partial charge in [0, 0.05) is 17.6 Å². The lowest BCUT2D eigenvalue weighted by molar-refractivity contribution is 0.0933. The molecule has 3 N–H and O–H groups in total. The fraction of sp³-hybridized carbons (Fsp3) is 0.375. The van der Waals surface area contributed by atoms with E-state index < -0.39 is 0 Å². The minimum atomic E-state index is -0.117. The Labute approximate surface area is 134 Å². The van der Waals surface area contributed by atoms with Crippen molar-refractivity contribution in [2.75, 3.05) is 6.54 Å². The van der Waals surface area contributed by atoms with Gasteiger partial charge in [-0.1, -0.05) is 17.7 Å². The van der Waals surface area contributed by atoms with Crippen LogP contribution in [0.3, 0.4) is 0 Å². The van der Waals surface area contributed by atoms with Crippen LogP contribution in [0.4, 0.5) is 0 Å². The Balaban J connectivity index is 1.82. The van der Waals surface area contributed by atoms with Crippen LogP contribution >= 0.6 is 11.6 Å². The summed E-state index contributed by atoms with van der Waals surface area (Å²) in [5, 5.41) is 7.96. The zero-order valence-electron chi connectivity index (χ0n) is 12.4. The monoisotopic (exact) mass is 318 g/mol. The van der Waals surface area contributed by atoms with Crippen molar-refractivity contribution in [2.24, 2.45) is 11.7 Å². The van der Waals surface area contributed by atoms with E-state index in [-0.39, 0.29) is 11.9 Å². The predicted molar refractivity (Wildman–Crippen MR) is 86.3 cm³/mol. The highest BCUT2D eigenvalue weighted by Gasteiger charge is 2.32. The first kappa shape index (κ1) is 15.1. The molecule has 1 aliphatic carbocycles. The van der Waals surface area contributed by atoms with Gasteiger partial charge in [0.15, 0.2) is 0 Å². The molecule has 0 bridgehead atoms. The second kappa shape index (κ2) is 6.10. The smallest absolute Gasteiger partial charge is 0.255 e. The average Bonchev–Trinajstić information content (AvgIpc) is 3.27. The number of nitrogens with zero attached hydrogens (tertiary/aromatic N) is 2. The molecular formula is C16H19ClN4O. The molecule has 1 aromatic heterocycles. The van der Waals surface area contributed by atoms with Gasteiger partial charge in [-0.2, -0.15) is 5.10 Å². The van der Waals surface area contributed by atoms with Crippen molar-refractivity contribution in [3.63, 3.8) is 0 Å². The first-order valence-electron chi connectivity index (χ1n) is 7.41. The first-order valence-corrected chi connectivity index (χ1v) is 7.79. The van der Waals surface area contributed by atoms with Crippen LogP contribution < -0.4 is 11.1 Å². The Kier molecular flexibility index (Phi) is 4.18. The maximum atomic E-state index is 12.4. The van der Waals surface area contributed by atoms with Crippen molar-refractivity contribution in [2.45, 2.75) is 25.8 Å². The summed E-state index contributed by atoms with van der Waals surface area (Å²) < 4.78 is 1.72. The number of hydrogen-bond acceptors (Lipinski definition) is 3. The number of nitrogens with two attached hydrogens (primary N) is 1.